The smallest absolute Gasteiger partial charge is 0.0263 e. The van der Waals surface area contributed by atoms with Gasteiger partial charge in [-0.3, -0.25) is 0 Å². The summed E-state index contributed by atoms with van der Waals surface area (Å²) in [6.45, 7) is 11.2. The van der Waals surface area contributed by atoms with Crippen molar-refractivity contribution in [3.05, 3.63) is 85.3 Å². The molecule has 1 heteroatoms. The highest BCUT2D eigenvalue weighted by molar-refractivity contribution is 5.45. The van der Waals surface area contributed by atoms with Gasteiger partial charge in [0.1, 0.15) is 0 Å². The van der Waals surface area contributed by atoms with E-state index in [0.29, 0.717) is 0 Å². The van der Waals surface area contributed by atoms with Crippen LogP contribution >= 0.6 is 0 Å². The van der Waals surface area contributed by atoms with Gasteiger partial charge < -0.3 is 5.32 Å². The van der Waals surface area contributed by atoms with E-state index in [0.717, 1.165) is 11.1 Å². The molecule has 0 radical (unpaired) electrons. The first-order chi connectivity index (χ1) is 9.24. The van der Waals surface area contributed by atoms with Gasteiger partial charge >= 0.3 is 0 Å². The minimum atomic E-state index is 0.896. The molecule has 0 aliphatic carbocycles. The molecule has 0 spiro atoms. The van der Waals surface area contributed by atoms with E-state index in [1.54, 1.807) is 12.2 Å². The second kappa shape index (κ2) is 12.0. The topological polar surface area (TPSA) is 12.0 Å². The minimum Gasteiger partial charge on any atom is -0.368 e. The fourth-order valence-electron chi connectivity index (χ4n) is 1.05. The summed E-state index contributed by atoms with van der Waals surface area (Å²) >= 11 is 0. The number of rotatable bonds is 6. The quantitative estimate of drug-likeness (QED) is 0.544. The number of nitrogens with one attached hydrogen (secondary N) is 1. The molecule has 0 aromatic rings. The number of hydrogen-bond donors (Lipinski definition) is 1. The molecule has 0 rings (SSSR count). The Morgan fingerprint density at radius 3 is 2.42 bits per heavy atom. The summed E-state index contributed by atoms with van der Waals surface area (Å²) in [5.74, 6) is 6.16. The summed E-state index contributed by atoms with van der Waals surface area (Å²) in [6, 6.07) is 0. The molecular formula is C18H21N. The van der Waals surface area contributed by atoms with E-state index in [9.17, 15) is 0 Å². The minimum absolute atomic E-state index is 0.896. The van der Waals surface area contributed by atoms with E-state index in [1.165, 1.54) is 0 Å². The van der Waals surface area contributed by atoms with Gasteiger partial charge in [-0.15, -0.1) is 0 Å². The zero-order chi connectivity index (χ0) is 14.3. The highest BCUT2D eigenvalue weighted by Crippen LogP contribution is 1.97. The average molecular weight is 251 g/mol. The Morgan fingerprint density at radius 2 is 1.79 bits per heavy atom. The van der Waals surface area contributed by atoms with Crippen molar-refractivity contribution in [2.45, 2.75) is 13.8 Å². The lowest BCUT2D eigenvalue weighted by molar-refractivity contribution is 1.19. The first kappa shape index (κ1) is 16.5. The normalized spacial score (nSPS) is 12.7. The van der Waals surface area contributed by atoms with Gasteiger partial charge in [0.25, 0.3) is 0 Å². The second-order valence-corrected chi connectivity index (χ2v) is 3.58. The first-order valence-corrected chi connectivity index (χ1v) is 6.09. The summed E-state index contributed by atoms with van der Waals surface area (Å²) in [7, 11) is 0. The Kier molecular flexibility index (Phi) is 10.5. The van der Waals surface area contributed by atoms with Crippen LogP contribution in [-0.2, 0) is 0 Å². The summed E-state index contributed by atoms with van der Waals surface area (Å²) in [6.07, 6.45) is 18.6. The van der Waals surface area contributed by atoms with Gasteiger partial charge in [-0.1, -0.05) is 61.5 Å². The van der Waals surface area contributed by atoms with Crippen molar-refractivity contribution in [1.29, 1.82) is 0 Å². The molecule has 98 valence electrons. The Hall–Kier alpha value is -2.46. The van der Waals surface area contributed by atoms with Crippen molar-refractivity contribution in [2.75, 3.05) is 0 Å². The third kappa shape index (κ3) is 10.4. The van der Waals surface area contributed by atoms with Crippen molar-refractivity contribution in [1.82, 2.24) is 5.32 Å². The van der Waals surface area contributed by atoms with Gasteiger partial charge in [-0.05, 0) is 37.8 Å². The van der Waals surface area contributed by atoms with Crippen LogP contribution < -0.4 is 5.32 Å². The predicted molar refractivity (Wildman–Crippen MR) is 86.2 cm³/mol. The highest BCUT2D eigenvalue weighted by Gasteiger charge is 1.83. The van der Waals surface area contributed by atoms with Crippen molar-refractivity contribution >= 4 is 0 Å². The number of allylic oxidation sites excluding steroid dienone is 10. The SMILES string of the molecule is C=C/C=C\C=C(/C)C#CC(/C=C\N/C=C/C)=C/C=C. The van der Waals surface area contributed by atoms with Crippen LogP contribution in [0, 0.1) is 11.8 Å². The molecule has 0 atom stereocenters. The van der Waals surface area contributed by atoms with Crippen LogP contribution in [0.15, 0.2) is 85.3 Å². The molecular weight excluding hydrogens is 230 g/mol. The van der Waals surface area contributed by atoms with Gasteiger partial charge in [0.15, 0.2) is 0 Å². The molecule has 0 fully saturated rings. The van der Waals surface area contributed by atoms with Gasteiger partial charge in [-0.25, -0.2) is 0 Å². The van der Waals surface area contributed by atoms with Gasteiger partial charge in [0.2, 0.25) is 0 Å². The Labute approximate surface area is 117 Å². The molecule has 0 aromatic carbocycles. The fourth-order valence-corrected chi connectivity index (χ4v) is 1.05. The second-order valence-electron chi connectivity index (χ2n) is 3.58. The summed E-state index contributed by atoms with van der Waals surface area (Å²) < 4.78 is 0. The molecule has 0 saturated heterocycles. The van der Waals surface area contributed by atoms with Crippen LogP contribution in [0.3, 0.4) is 0 Å². The summed E-state index contributed by atoms with van der Waals surface area (Å²) in [4.78, 5) is 0. The zero-order valence-electron chi connectivity index (χ0n) is 11.7. The molecule has 1 N–H and O–H groups in total. The molecule has 0 amide bonds. The molecule has 0 bridgehead atoms. The molecule has 19 heavy (non-hydrogen) atoms. The van der Waals surface area contributed by atoms with Gasteiger partial charge in [0, 0.05) is 11.8 Å². The highest BCUT2D eigenvalue weighted by atomic mass is 14.8. The van der Waals surface area contributed by atoms with Crippen molar-refractivity contribution < 1.29 is 0 Å². The van der Waals surface area contributed by atoms with Crippen molar-refractivity contribution in [3.8, 4) is 11.8 Å². The fraction of sp³-hybridized carbons (Fsp3) is 0.111. The lowest BCUT2D eigenvalue weighted by Crippen LogP contribution is -1.90. The van der Waals surface area contributed by atoms with E-state index in [2.05, 4.69) is 30.3 Å². The maximum absolute atomic E-state index is 3.68. The van der Waals surface area contributed by atoms with E-state index in [-0.39, 0.29) is 0 Å². The monoisotopic (exact) mass is 251 g/mol. The first-order valence-electron chi connectivity index (χ1n) is 6.09. The van der Waals surface area contributed by atoms with Crippen LogP contribution in [0.5, 0.6) is 0 Å². The summed E-state index contributed by atoms with van der Waals surface area (Å²) in [5.41, 5.74) is 1.88. The maximum atomic E-state index is 3.68. The lowest BCUT2D eigenvalue weighted by atomic mass is 10.2. The Balaban J connectivity index is 4.77. The predicted octanol–water partition coefficient (Wildman–Crippen LogP) is 4.43. The third-order valence-corrected chi connectivity index (χ3v) is 1.92. The van der Waals surface area contributed by atoms with Crippen molar-refractivity contribution in [3.63, 3.8) is 0 Å². The lowest BCUT2D eigenvalue weighted by Gasteiger charge is -1.91. The molecule has 0 heterocycles. The van der Waals surface area contributed by atoms with Crippen molar-refractivity contribution in [2.24, 2.45) is 0 Å². The van der Waals surface area contributed by atoms with E-state index < -0.39 is 0 Å². The summed E-state index contributed by atoms with van der Waals surface area (Å²) in [5, 5.41) is 3.01. The Bertz CT molecular complexity index is 486. The Morgan fingerprint density at radius 1 is 1.00 bits per heavy atom. The largest absolute Gasteiger partial charge is 0.368 e. The standard InChI is InChI=1S/C18H21N/c1-5-8-9-11-17(4)12-13-18(10-6-2)14-16-19-15-7-3/h5-11,14-16,19H,1-2H2,3-4H3/b9-8-,15-7+,16-14-,17-11+,18-10-. The van der Waals surface area contributed by atoms with Crippen LogP contribution in [0.1, 0.15) is 13.8 Å². The van der Waals surface area contributed by atoms with Crippen LogP contribution in [0.4, 0.5) is 0 Å². The molecule has 0 unspecified atom stereocenters. The van der Waals surface area contributed by atoms with Gasteiger partial charge in [0.05, 0.1) is 0 Å². The van der Waals surface area contributed by atoms with E-state index in [1.807, 2.05) is 62.7 Å². The molecule has 0 aromatic heterocycles. The van der Waals surface area contributed by atoms with E-state index >= 15 is 0 Å². The molecule has 0 aliphatic heterocycles. The van der Waals surface area contributed by atoms with Crippen LogP contribution in [0.25, 0.3) is 0 Å². The zero-order valence-corrected chi connectivity index (χ0v) is 11.7. The third-order valence-electron chi connectivity index (χ3n) is 1.92. The number of hydrogen-bond acceptors (Lipinski definition) is 1. The average Bonchev–Trinajstić information content (AvgIpc) is 2.41. The molecule has 0 aliphatic rings. The van der Waals surface area contributed by atoms with Crippen LogP contribution in [-0.4, -0.2) is 0 Å². The maximum Gasteiger partial charge on any atom is 0.0263 e. The van der Waals surface area contributed by atoms with Gasteiger partial charge in [-0.2, -0.15) is 0 Å². The molecule has 1 nitrogen and oxygen atoms in total. The van der Waals surface area contributed by atoms with Crippen LogP contribution in [0.2, 0.25) is 0 Å². The van der Waals surface area contributed by atoms with E-state index in [4.69, 9.17) is 0 Å². The molecule has 0 saturated carbocycles.